The van der Waals surface area contributed by atoms with Crippen LogP contribution in [0.3, 0.4) is 0 Å². The van der Waals surface area contributed by atoms with E-state index in [1.807, 2.05) is 13.8 Å². The second-order valence-electron chi connectivity index (χ2n) is 9.69. The number of para-hydroxylation sites is 1. The van der Waals surface area contributed by atoms with E-state index in [1.165, 1.54) is 25.4 Å². The van der Waals surface area contributed by atoms with Gasteiger partial charge in [-0.1, -0.05) is 38.6 Å². The van der Waals surface area contributed by atoms with Gasteiger partial charge in [0.1, 0.15) is 23.9 Å². The fraction of sp³-hybridized carbons (Fsp3) is 0.310. The van der Waals surface area contributed by atoms with E-state index in [0.717, 1.165) is 9.95 Å². The van der Waals surface area contributed by atoms with Crippen LogP contribution < -0.4 is 26.8 Å². The number of rotatable bonds is 12. The molecule has 4 amide bonds. The summed E-state index contributed by atoms with van der Waals surface area (Å²) in [6, 6.07) is 8.55. The molecular weight excluding hydrogens is 530 g/mol. The fourth-order valence-corrected chi connectivity index (χ4v) is 3.91. The summed E-state index contributed by atoms with van der Waals surface area (Å²) in [6.07, 6.45) is 0.807. The number of aromatic nitrogens is 1. The number of furan rings is 1. The van der Waals surface area contributed by atoms with Crippen LogP contribution >= 0.6 is 0 Å². The molecule has 2 heterocycles. The number of anilines is 1. The molecule has 3 rings (SSSR count). The number of nitrogens with zero attached hydrogens (tertiary/aromatic N) is 1. The van der Waals surface area contributed by atoms with E-state index in [9.17, 15) is 28.8 Å². The molecule has 1 atom stereocenters. The standard InChI is InChI=1S/C29H33N5O7/c1-16(2)18(4)31-24(36)15-34-14-8-10-21(29(34)40)33-26(37)20(12-13-22(35)27(38)30-5)32-28(39)25-17(3)19-9-6-7-11-23(19)41-25/h6-11,14,16,20H,4,12-13,15H2,1-3,5H3,(H,30,38)(H,31,36)(H,32,39)(H,33,37)/t20-/m0/s1. The van der Waals surface area contributed by atoms with Crippen LogP contribution in [0.25, 0.3) is 11.0 Å². The maximum absolute atomic E-state index is 13.3. The number of Topliss-reactive ketones (excluding diaryl/α,β-unsaturated/α-hetero) is 1. The van der Waals surface area contributed by atoms with Gasteiger partial charge in [-0.2, -0.15) is 0 Å². The van der Waals surface area contributed by atoms with Gasteiger partial charge in [0.25, 0.3) is 17.4 Å². The van der Waals surface area contributed by atoms with Crippen LogP contribution in [-0.2, 0) is 25.7 Å². The van der Waals surface area contributed by atoms with Crippen molar-refractivity contribution in [1.82, 2.24) is 20.5 Å². The van der Waals surface area contributed by atoms with E-state index in [1.54, 1.807) is 31.2 Å². The molecule has 0 aliphatic carbocycles. The lowest BCUT2D eigenvalue weighted by Crippen LogP contribution is -2.45. The van der Waals surface area contributed by atoms with E-state index < -0.39 is 41.0 Å². The molecule has 0 radical (unpaired) electrons. The minimum Gasteiger partial charge on any atom is -0.451 e. The summed E-state index contributed by atoms with van der Waals surface area (Å²) in [5.74, 6) is -3.61. The Morgan fingerprint density at radius 3 is 2.41 bits per heavy atom. The number of hydrogen-bond acceptors (Lipinski definition) is 7. The van der Waals surface area contributed by atoms with Crippen molar-refractivity contribution in [1.29, 1.82) is 0 Å². The highest BCUT2D eigenvalue weighted by Crippen LogP contribution is 2.25. The number of likely N-dealkylation sites (N-methyl/N-ethyl adjacent to an activating group) is 1. The quantitative estimate of drug-likeness (QED) is 0.244. The Morgan fingerprint density at radius 2 is 1.76 bits per heavy atom. The van der Waals surface area contributed by atoms with Gasteiger partial charge in [-0.15, -0.1) is 0 Å². The van der Waals surface area contributed by atoms with Crippen molar-refractivity contribution in [3.8, 4) is 0 Å². The summed E-state index contributed by atoms with van der Waals surface area (Å²) in [5, 5.41) is 10.6. The number of ketones is 1. The van der Waals surface area contributed by atoms with Crippen LogP contribution in [0.15, 0.2) is 64.1 Å². The summed E-state index contributed by atoms with van der Waals surface area (Å²) in [7, 11) is 1.30. The van der Waals surface area contributed by atoms with Crippen molar-refractivity contribution in [2.45, 2.75) is 46.2 Å². The number of allylic oxidation sites excluding steroid dienone is 1. The van der Waals surface area contributed by atoms with Crippen molar-refractivity contribution < 1.29 is 28.4 Å². The van der Waals surface area contributed by atoms with E-state index in [-0.39, 0.29) is 36.8 Å². The lowest BCUT2D eigenvalue weighted by molar-refractivity contribution is -0.137. The molecule has 12 heteroatoms. The molecular formula is C29H33N5O7. The maximum atomic E-state index is 13.3. The van der Waals surface area contributed by atoms with E-state index in [2.05, 4.69) is 27.8 Å². The summed E-state index contributed by atoms with van der Waals surface area (Å²) in [4.78, 5) is 75.6. The third-order valence-corrected chi connectivity index (χ3v) is 6.40. The molecule has 41 heavy (non-hydrogen) atoms. The molecule has 2 aromatic heterocycles. The molecule has 216 valence electrons. The zero-order chi connectivity index (χ0) is 30.3. The molecule has 12 nitrogen and oxygen atoms in total. The van der Waals surface area contributed by atoms with Gasteiger partial charge < -0.3 is 30.3 Å². The molecule has 0 spiro atoms. The van der Waals surface area contributed by atoms with Gasteiger partial charge in [0, 0.05) is 36.3 Å². The number of benzene rings is 1. The number of amides is 4. The monoisotopic (exact) mass is 563 g/mol. The van der Waals surface area contributed by atoms with Crippen LogP contribution in [0, 0.1) is 12.8 Å². The van der Waals surface area contributed by atoms with Crippen molar-refractivity contribution in [2.75, 3.05) is 12.4 Å². The Morgan fingerprint density at radius 1 is 1.05 bits per heavy atom. The number of fused-ring (bicyclic) bond motifs is 1. The van der Waals surface area contributed by atoms with Gasteiger partial charge in [0.2, 0.25) is 17.6 Å². The van der Waals surface area contributed by atoms with Gasteiger partial charge in [0.05, 0.1) is 0 Å². The zero-order valence-corrected chi connectivity index (χ0v) is 23.3. The molecule has 4 N–H and O–H groups in total. The van der Waals surface area contributed by atoms with E-state index in [4.69, 9.17) is 4.42 Å². The molecule has 3 aromatic rings. The van der Waals surface area contributed by atoms with Crippen LogP contribution in [-0.4, -0.2) is 47.1 Å². The Hall–Kier alpha value is -5.00. The first-order chi connectivity index (χ1) is 19.4. The van der Waals surface area contributed by atoms with Gasteiger partial charge >= 0.3 is 0 Å². The second-order valence-corrected chi connectivity index (χ2v) is 9.69. The summed E-state index contributed by atoms with van der Waals surface area (Å²) in [5.41, 5.74) is 0.729. The maximum Gasteiger partial charge on any atom is 0.287 e. The molecule has 0 saturated carbocycles. The topological polar surface area (TPSA) is 169 Å². The predicted octanol–water partition coefficient (Wildman–Crippen LogP) is 2.02. The van der Waals surface area contributed by atoms with Gasteiger partial charge in [-0.25, -0.2) is 0 Å². The van der Waals surface area contributed by atoms with Crippen molar-refractivity contribution in [2.24, 2.45) is 5.92 Å². The van der Waals surface area contributed by atoms with Crippen LogP contribution in [0.1, 0.15) is 42.8 Å². The molecule has 0 bridgehead atoms. The van der Waals surface area contributed by atoms with Crippen molar-refractivity contribution in [3.63, 3.8) is 0 Å². The first-order valence-corrected chi connectivity index (χ1v) is 13.0. The highest BCUT2D eigenvalue weighted by molar-refractivity contribution is 6.36. The summed E-state index contributed by atoms with van der Waals surface area (Å²) >= 11 is 0. The van der Waals surface area contributed by atoms with Crippen LogP contribution in [0.2, 0.25) is 0 Å². The van der Waals surface area contributed by atoms with Gasteiger partial charge in [0.15, 0.2) is 5.76 Å². The lowest BCUT2D eigenvalue weighted by atomic mass is 10.1. The molecule has 0 aliphatic rings. The van der Waals surface area contributed by atoms with Gasteiger partial charge in [-0.3, -0.25) is 28.8 Å². The Labute approximate surface area is 236 Å². The van der Waals surface area contributed by atoms with Crippen LogP contribution in [0.5, 0.6) is 0 Å². The third-order valence-electron chi connectivity index (χ3n) is 6.40. The molecule has 0 fully saturated rings. The Balaban J connectivity index is 1.82. The summed E-state index contributed by atoms with van der Waals surface area (Å²) < 4.78 is 6.79. The molecule has 0 saturated heterocycles. The Kier molecular flexibility index (Phi) is 9.96. The van der Waals surface area contributed by atoms with E-state index >= 15 is 0 Å². The number of hydrogen-bond donors (Lipinski definition) is 4. The molecule has 0 aliphatic heterocycles. The lowest BCUT2D eigenvalue weighted by Gasteiger charge is -2.18. The third kappa shape index (κ3) is 7.56. The normalized spacial score (nSPS) is 11.5. The number of aryl methyl sites for hydroxylation is 1. The predicted molar refractivity (Wildman–Crippen MR) is 152 cm³/mol. The van der Waals surface area contributed by atoms with Crippen molar-refractivity contribution in [3.05, 3.63) is 76.5 Å². The number of nitrogens with one attached hydrogen (secondary N) is 4. The Bertz CT molecular complexity index is 1570. The highest BCUT2D eigenvalue weighted by atomic mass is 16.3. The minimum atomic E-state index is -1.31. The number of pyridine rings is 1. The fourth-order valence-electron chi connectivity index (χ4n) is 3.91. The second kappa shape index (κ2) is 13.4. The first-order valence-electron chi connectivity index (χ1n) is 13.0. The van der Waals surface area contributed by atoms with Crippen LogP contribution in [0.4, 0.5) is 5.69 Å². The SMILES string of the molecule is C=C(NC(=O)Cn1cccc(NC(=O)[C@H](CCC(=O)C(=O)NC)NC(=O)c2oc3ccccc3c2C)c1=O)C(C)C. The smallest absolute Gasteiger partial charge is 0.287 e. The van der Waals surface area contributed by atoms with Crippen molar-refractivity contribution >= 4 is 46.1 Å². The first kappa shape index (κ1) is 30.5. The molecule has 1 aromatic carbocycles. The van der Waals surface area contributed by atoms with Gasteiger partial charge in [-0.05, 0) is 37.5 Å². The average molecular weight is 564 g/mol. The summed E-state index contributed by atoms with van der Waals surface area (Å²) in [6.45, 7) is 8.87. The molecule has 0 unspecified atom stereocenters. The minimum absolute atomic E-state index is 0.00655. The number of carbonyl (C=O) groups excluding carboxylic acids is 5. The average Bonchev–Trinajstić information content (AvgIpc) is 3.28. The zero-order valence-electron chi connectivity index (χ0n) is 23.3. The van der Waals surface area contributed by atoms with E-state index in [0.29, 0.717) is 16.8 Å². The highest BCUT2D eigenvalue weighted by Gasteiger charge is 2.27. The number of carbonyl (C=O) groups is 5. The largest absolute Gasteiger partial charge is 0.451 e.